The smallest absolute Gasteiger partial charge is 0.255 e. The summed E-state index contributed by atoms with van der Waals surface area (Å²) in [7, 11) is 1.56. The molecule has 5 nitrogen and oxygen atoms in total. The van der Waals surface area contributed by atoms with Crippen LogP contribution in [-0.2, 0) is 6.54 Å². The fourth-order valence-corrected chi connectivity index (χ4v) is 2.68. The maximum Gasteiger partial charge on any atom is 0.255 e. The lowest BCUT2D eigenvalue weighted by molar-refractivity contribution is 0.0949. The Kier molecular flexibility index (Phi) is 6.19. The van der Waals surface area contributed by atoms with E-state index in [-0.39, 0.29) is 23.7 Å². The molecule has 0 fully saturated rings. The molecule has 148 valence electrons. The number of ether oxygens (including phenoxy) is 1. The molecule has 2 amide bonds. The Balaban J connectivity index is 1.63. The van der Waals surface area contributed by atoms with Gasteiger partial charge in [0.2, 0.25) is 0 Å². The summed E-state index contributed by atoms with van der Waals surface area (Å²) in [4.78, 5) is 24.6. The number of carbonyl (C=O) groups is 2. The number of anilines is 1. The molecule has 7 heteroatoms. The lowest BCUT2D eigenvalue weighted by Crippen LogP contribution is -2.23. The Labute approximate surface area is 166 Å². The van der Waals surface area contributed by atoms with Crippen molar-refractivity contribution in [2.45, 2.75) is 6.54 Å². The third-order valence-corrected chi connectivity index (χ3v) is 4.22. The summed E-state index contributed by atoms with van der Waals surface area (Å²) < 4.78 is 31.8. The lowest BCUT2D eigenvalue weighted by Gasteiger charge is -2.10. The summed E-state index contributed by atoms with van der Waals surface area (Å²) in [5.74, 6) is -1.81. The van der Waals surface area contributed by atoms with Crippen molar-refractivity contribution in [1.82, 2.24) is 5.32 Å². The van der Waals surface area contributed by atoms with Gasteiger partial charge in [0.15, 0.2) is 0 Å². The maximum atomic E-state index is 13.7. The van der Waals surface area contributed by atoms with Crippen molar-refractivity contribution in [3.8, 4) is 5.75 Å². The highest BCUT2D eigenvalue weighted by atomic mass is 19.1. The van der Waals surface area contributed by atoms with Gasteiger partial charge in [-0.25, -0.2) is 8.78 Å². The molecule has 0 unspecified atom stereocenters. The predicted octanol–water partition coefficient (Wildman–Crippen LogP) is 4.16. The molecule has 3 aromatic rings. The first-order valence-corrected chi connectivity index (χ1v) is 8.74. The highest BCUT2D eigenvalue weighted by molar-refractivity contribution is 6.05. The van der Waals surface area contributed by atoms with Gasteiger partial charge in [-0.15, -0.1) is 0 Å². The molecule has 0 heterocycles. The van der Waals surface area contributed by atoms with Crippen LogP contribution < -0.4 is 15.4 Å². The number of hydrogen-bond acceptors (Lipinski definition) is 3. The second kappa shape index (κ2) is 8.97. The van der Waals surface area contributed by atoms with Crippen LogP contribution in [0.2, 0.25) is 0 Å². The Morgan fingerprint density at radius 3 is 2.21 bits per heavy atom. The van der Waals surface area contributed by atoms with Crippen molar-refractivity contribution in [2.24, 2.45) is 0 Å². The standard InChI is InChI=1S/C22H18F2N2O3/c1-29-20-5-3-2-4-16(20)13-25-21(27)14-6-8-15(9-7-14)22(28)26-19-11-10-17(23)12-18(19)24/h2-12H,13H2,1H3,(H,25,27)(H,26,28). The fraction of sp³-hybridized carbons (Fsp3) is 0.0909. The molecule has 0 aliphatic heterocycles. The van der Waals surface area contributed by atoms with Crippen LogP contribution >= 0.6 is 0 Å². The molecule has 3 rings (SSSR count). The topological polar surface area (TPSA) is 67.4 Å². The molecule has 0 aliphatic rings. The Bertz CT molecular complexity index is 1040. The van der Waals surface area contributed by atoms with E-state index < -0.39 is 17.5 Å². The summed E-state index contributed by atoms with van der Waals surface area (Å²) in [5.41, 5.74) is 1.30. The Morgan fingerprint density at radius 1 is 0.897 bits per heavy atom. The zero-order chi connectivity index (χ0) is 20.8. The SMILES string of the molecule is COc1ccccc1CNC(=O)c1ccc(C(=O)Nc2ccc(F)cc2F)cc1. The van der Waals surface area contributed by atoms with Crippen molar-refractivity contribution in [1.29, 1.82) is 0 Å². The van der Waals surface area contributed by atoms with Gasteiger partial charge in [-0.2, -0.15) is 0 Å². The van der Waals surface area contributed by atoms with E-state index in [1.165, 1.54) is 24.3 Å². The summed E-state index contributed by atoms with van der Waals surface area (Å²) in [5, 5.41) is 5.15. The van der Waals surface area contributed by atoms with Gasteiger partial charge in [-0.3, -0.25) is 9.59 Å². The van der Waals surface area contributed by atoms with E-state index in [2.05, 4.69) is 10.6 Å². The van der Waals surface area contributed by atoms with Crippen LogP contribution in [0.4, 0.5) is 14.5 Å². The number of benzene rings is 3. The van der Waals surface area contributed by atoms with Gasteiger partial charge >= 0.3 is 0 Å². The normalized spacial score (nSPS) is 10.3. The van der Waals surface area contributed by atoms with E-state index >= 15 is 0 Å². The molecule has 0 saturated carbocycles. The van der Waals surface area contributed by atoms with Gasteiger partial charge in [0.1, 0.15) is 17.4 Å². The largest absolute Gasteiger partial charge is 0.496 e. The van der Waals surface area contributed by atoms with Crippen molar-refractivity contribution >= 4 is 17.5 Å². The molecular formula is C22H18F2N2O3. The van der Waals surface area contributed by atoms with E-state index in [4.69, 9.17) is 4.74 Å². The number of methoxy groups -OCH3 is 1. The van der Waals surface area contributed by atoms with Crippen molar-refractivity contribution in [3.63, 3.8) is 0 Å². The maximum absolute atomic E-state index is 13.7. The number of nitrogens with one attached hydrogen (secondary N) is 2. The van der Waals surface area contributed by atoms with Crippen LogP contribution in [0.15, 0.2) is 66.7 Å². The van der Waals surface area contributed by atoms with Crippen LogP contribution in [0.5, 0.6) is 5.75 Å². The first-order valence-electron chi connectivity index (χ1n) is 8.74. The van der Waals surface area contributed by atoms with Gasteiger partial charge in [0.05, 0.1) is 12.8 Å². The van der Waals surface area contributed by atoms with Gasteiger partial charge in [0.25, 0.3) is 11.8 Å². The molecule has 0 spiro atoms. The number of rotatable bonds is 6. The molecule has 0 aliphatic carbocycles. The third kappa shape index (κ3) is 4.95. The van der Waals surface area contributed by atoms with Gasteiger partial charge in [-0.1, -0.05) is 18.2 Å². The highest BCUT2D eigenvalue weighted by Crippen LogP contribution is 2.18. The van der Waals surface area contributed by atoms with E-state index in [0.717, 1.165) is 17.7 Å². The van der Waals surface area contributed by atoms with E-state index in [1.807, 2.05) is 18.2 Å². The van der Waals surface area contributed by atoms with Crippen LogP contribution in [0.1, 0.15) is 26.3 Å². The van der Waals surface area contributed by atoms with Crippen LogP contribution in [0, 0.1) is 11.6 Å². The Morgan fingerprint density at radius 2 is 1.55 bits per heavy atom. The fourth-order valence-electron chi connectivity index (χ4n) is 2.68. The van der Waals surface area contributed by atoms with Crippen LogP contribution in [0.3, 0.4) is 0 Å². The molecule has 0 radical (unpaired) electrons. The highest BCUT2D eigenvalue weighted by Gasteiger charge is 2.12. The lowest BCUT2D eigenvalue weighted by atomic mass is 10.1. The van der Waals surface area contributed by atoms with Gasteiger partial charge < -0.3 is 15.4 Å². The first kappa shape index (κ1) is 20.0. The molecule has 0 aromatic heterocycles. The molecule has 2 N–H and O–H groups in total. The van der Waals surface area contributed by atoms with Crippen molar-refractivity contribution in [2.75, 3.05) is 12.4 Å². The zero-order valence-corrected chi connectivity index (χ0v) is 15.5. The second-order valence-corrected chi connectivity index (χ2v) is 6.15. The minimum absolute atomic E-state index is 0.130. The van der Waals surface area contributed by atoms with Crippen molar-refractivity contribution in [3.05, 3.63) is 95.1 Å². The van der Waals surface area contributed by atoms with E-state index in [0.29, 0.717) is 17.4 Å². The first-order chi connectivity index (χ1) is 14.0. The number of carbonyl (C=O) groups excluding carboxylic acids is 2. The minimum atomic E-state index is -0.870. The number of para-hydroxylation sites is 1. The molecule has 0 saturated heterocycles. The third-order valence-electron chi connectivity index (χ3n) is 4.22. The zero-order valence-electron chi connectivity index (χ0n) is 15.5. The van der Waals surface area contributed by atoms with Gasteiger partial charge in [0, 0.05) is 29.3 Å². The average Bonchev–Trinajstić information content (AvgIpc) is 2.74. The monoisotopic (exact) mass is 396 g/mol. The number of halogens is 2. The van der Waals surface area contributed by atoms with Crippen LogP contribution in [-0.4, -0.2) is 18.9 Å². The van der Waals surface area contributed by atoms with Crippen LogP contribution in [0.25, 0.3) is 0 Å². The molecular weight excluding hydrogens is 378 g/mol. The van der Waals surface area contributed by atoms with Crippen molar-refractivity contribution < 1.29 is 23.1 Å². The minimum Gasteiger partial charge on any atom is -0.496 e. The van der Waals surface area contributed by atoms with E-state index in [9.17, 15) is 18.4 Å². The van der Waals surface area contributed by atoms with E-state index in [1.54, 1.807) is 13.2 Å². The summed E-state index contributed by atoms with van der Waals surface area (Å²) in [6.07, 6.45) is 0. The molecule has 0 bridgehead atoms. The number of hydrogen-bond donors (Lipinski definition) is 2. The Hall–Kier alpha value is -3.74. The molecule has 29 heavy (non-hydrogen) atoms. The summed E-state index contributed by atoms with van der Waals surface area (Å²) >= 11 is 0. The number of amides is 2. The molecule has 3 aromatic carbocycles. The van der Waals surface area contributed by atoms with Gasteiger partial charge in [-0.05, 0) is 42.5 Å². The summed E-state index contributed by atoms with van der Waals surface area (Å²) in [6.45, 7) is 0.287. The quantitative estimate of drug-likeness (QED) is 0.658. The molecule has 0 atom stereocenters. The average molecular weight is 396 g/mol. The summed E-state index contributed by atoms with van der Waals surface area (Å²) in [6, 6.07) is 16.1. The second-order valence-electron chi connectivity index (χ2n) is 6.15. The predicted molar refractivity (Wildman–Crippen MR) is 105 cm³/mol.